The van der Waals surface area contributed by atoms with Crippen molar-refractivity contribution in [3.05, 3.63) is 53.1 Å². The summed E-state index contributed by atoms with van der Waals surface area (Å²) in [5.74, 6) is 2.15. The number of halogens is 1. The summed E-state index contributed by atoms with van der Waals surface area (Å²) in [7, 11) is 0. The molecule has 5 heterocycles. The van der Waals surface area contributed by atoms with Crippen LogP contribution in [0.25, 0.3) is 0 Å². The minimum absolute atomic E-state index is 0.196. The molecule has 37 heavy (non-hydrogen) atoms. The van der Waals surface area contributed by atoms with E-state index in [2.05, 4.69) is 30.8 Å². The van der Waals surface area contributed by atoms with E-state index in [1.807, 2.05) is 38.5 Å². The van der Waals surface area contributed by atoms with Gasteiger partial charge in [-0.1, -0.05) is 23.4 Å². The van der Waals surface area contributed by atoms with Crippen LogP contribution in [0.4, 0.5) is 17.5 Å². The van der Waals surface area contributed by atoms with Crippen molar-refractivity contribution in [2.45, 2.75) is 55.1 Å². The highest BCUT2D eigenvalue weighted by Gasteiger charge is 2.41. The summed E-state index contributed by atoms with van der Waals surface area (Å²) in [6.07, 6.45) is 12.0. The smallest absolute Gasteiger partial charge is 0.158 e. The Labute approximate surface area is 226 Å². The molecule has 10 heteroatoms. The first kappa shape index (κ1) is 24.7. The quantitative estimate of drug-likeness (QED) is 0.494. The van der Waals surface area contributed by atoms with Crippen LogP contribution in [0.5, 0.6) is 0 Å². The Kier molecular flexibility index (Phi) is 6.20. The third kappa shape index (κ3) is 4.73. The van der Waals surface area contributed by atoms with Gasteiger partial charge in [-0.2, -0.15) is 0 Å². The Bertz CT molecular complexity index is 1290. The molecule has 2 saturated heterocycles. The van der Waals surface area contributed by atoms with Crippen molar-refractivity contribution in [3.8, 4) is 0 Å². The Morgan fingerprint density at radius 1 is 1.05 bits per heavy atom. The first-order chi connectivity index (χ1) is 17.7. The summed E-state index contributed by atoms with van der Waals surface area (Å²) in [6, 6.07) is 4.05. The summed E-state index contributed by atoms with van der Waals surface area (Å²) < 4.78 is 0. The molecule has 3 N–H and O–H groups in total. The van der Waals surface area contributed by atoms with E-state index in [-0.39, 0.29) is 5.92 Å². The van der Waals surface area contributed by atoms with Gasteiger partial charge in [-0.15, -0.1) is 0 Å². The van der Waals surface area contributed by atoms with Gasteiger partial charge >= 0.3 is 0 Å². The average molecular weight is 538 g/mol. The summed E-state index contributed by atoms with van der Waals surface area (Å²) in [6.45, 7) is 7.03. The molecule has 1 aliphatic carbocycles. The normalized spacial score (nSPS) is 19.2. The maximum Gasteiger partial charge on any atom is 0.158 e. The lowest BCUT2D eigenvalue weighted by molar-refractivity contribution is 0.00438. The second-order valence-corrected chi connectivity index (χ2v) is 12.6. The van der Waals surface area contributed by atoms with Gasteiger partial charge in [-0.05, 0) is 68.2 Å². The monoisotopic (exact) mass is 537 g/mol. The fraction of sp³-hybridized carbons (Fsp3) is 0.481. The summed E-state index contributed by atoms with van der Waals surface area (Å²) in [5.41, 5.74) is 8.87. The number of anilines is 3. The zero-order valence-corrected chi connectivity index (χ0v) is 22.8. The number of nitrogens with two attached hydrogens (primary N) is 1. The first-order valence-electron chi connectivity index (χ1n) is 12.8. The molecule has 0 bridgehead atoms. The van der Waals surface area contributed by atoms with E-state index in [1.54, 1.807) is 6.20 Å². The third-order valence-electron chi connectivity index (χ3n) is 8.26. The molecule has 8 nitrogen and oxygen atoms in total. The SMILES string of the molecule is CC(C)(O)C1CN(c2nccc(Sc3ncc(N4CCC5(CC4)Cc4ccncc4C5)nc3N)c2Cl)C1. The largest absolute Gasteiger partial charge is 0.390 e. The van der Waals surface area contributed by atoms with Crippen molar-refractivity contribution in [1.82, 2.24) is 19.9 Å². The van der Waals surface area contributed by atoms with Gasteiger partial charge in [0, 0.05) is 55.6 Å². The Hall–Kier alpha value is -2.62. The molecule has 3 aromatic heterocycles. The number of hydrogen-bond donors (Lipinski definition) is 2. The second kappa shape index (κ2) is 9.29. The predicted molar refractivity (Wildman–Crippen MR) is 147 cm³/mol. The number of hydrogen-bond acceptors (Lipinski definition) is 9. The van der Waals surface area contributed by atoms with Crippen LogP contribution in [0.15, 0.2) is 46.8 Å². The lowest BCUT2D eigenvalue weighted by atomic mass is 9.76. The molecule has 0 aromatic carbocycles. The van der Waals surface area contributed by atoms with Gasteiger partial charge in [0.05, 0.1) is 16.8 Å². The number of nitrogen functional groups attached to an aromatic ring is 1. The van der Waals surface area contributed by atoms with Crippen molar-refractivity contribution in [3.63, 3.8) is 0 Å². The number of aromatic nitrogens is 4. The number of aliphatic hydroxyl groups is 1. The minimum Gasteiger partial charge on any atom is -0.390 e. The van der Waals surface area contributed by atoms with Crippen LogP contribution in [0.2, 0.25) is 5.02 Å². The summed E-state index contributed by atoms with van der Waals surface area (Å²) >= 11 is 8.14. The fourth-order valence-electron chi connectivity index (χ4n) is 5.75. The highest BCUT2D eigenvalue weighted by atomic mass is 35.5. The summed E-state index contributed by atoms with van der Waals surface area (Å²) in [5, 5.41) is 11.4. The van der Waals surface area contributed by atoms with E-state index in [0.717, 1.165) is 68.4 Å². The number of fused-ring (bicyclic) bond motifs is 1. The molecular weight excluding hydrogens is 506 g/mol. The van der Waals surface area contributed by atoms with Crippen LogP contribution in [0.1, 0.15) is 37.8 Å². The molecular formula is C27H32ClN7OS. The van der Waals surface area contributed by atoms with Crippen LogP contribution in [0, 0.1) is 11.3 Å². The zero-order valence-electron chi connectivity index (χ0n) is 21.2. The number of pyridine rings is 2. The van der Waals surface area contributed by atoms with Gasteiger partial charge < -0.3 is 20.6 Å². The van der Waals surface area contributed by atoms with Gasteiger partial charge in [0.1, 0.15) is 16.7 Å². The van der Waals surface area contributed by atoms with E-state index in [1.165, 1.54) is 22.9 Å². The molecule has 2 fully saturated rings. The molecule has 0 unspecified atom stereocenters. The van der Waals surface area contributed by atoms with E-state index in [0.29, 0.717) is 21.3 Å². The van der Waals surface area contributed by atoms with Crippen molar-refractivity contribution in [2.24, 2.45) is 11.3 Å². The Balaban J connectivity index is 1.11. The van der Waals surface area contributed by atoms with E-state index < -0.39 is 5.60 Å². The molecule has 3 aliphatic rings. The molecule has 194 valence electrons. The fourth-order valence-corrected chi connectivity index (χ4v) is 6.87. The number of nitrogens with zero attached hydrogens (tertiary/aromatic N) is 6. The van der Waals surface area contributed by atoms with Gasteiger partial charge in [0.15, 0.2) is 5.82 Å². The molecule has 0 saturated carbocycles. The van der Waals surface area contributed by atoms with Crippen LogP contribution in [-0.2, 0) is 12.8 Å². The van der Waals surface area contributed by atoms with E-state index in [9.17, 15) is 5.11 Å². The second-order valence-electron chi connectivity index (χ2n) is 11.2. The first-order valence-corrected chi connectivity index (χ1v) is 14.0. The molecule has 3 aromatic rings. The lowest BCUT2D eigenvalue weighted by Crippen LogP contribution is -2.56. The highest BCUT2D eigenvalue weighted by Crippen LogP contribution is 2.45. The van der Waals surface area contributed by atoms with E-state index in [4.69, 9.17) is 22.3 Å². The standard InChI is InChI=1S/C27H32ClN7OS/c1-26(2,36)19-15-35(16-19)24-22(28)20(4-8-31-24)37-25-23(29)33-21(14-32-25)34-9-5-27(6-10-34)11-17-3-7-30-13-18(17)12-27/h3-4,7-8,13-14,19,36H,5-6,9-12,15-16H2,1-2H3,(H2,29,33). The molecule has 6 rings (SSSR count). The third-order valence-corrected chi connectivity index (χ3v) is 9.81. The Morgan fingerprint density at radius 2 is 1.81 bits per heavy atom. The van der Waals surface area contributed by atoms with Crippen molar-refractivity contribution >= 4 is 40.8 Å². The molecule has 0 radical (unpaired) electrons. The van der Waals surface area contributed by atoms with Gasteiger partial charge in [0.2, 0.25) is 0 Å². The van der Waals surface area contributed by atoms with Crippen molar-refractivity contribution in [2.75, 3.05) is 41.7 Å². The number of rotatable bonds is 5. The summed E-state index contributed by atoms with van der Waals surface area (Å²) in [4.78, 5) is 23.4. The number of piperidine rings is 1. The van der Waals surface area contributed by atoms with Crippen molar-refractivity contribution < 1.29 is 5.11 Å². The maximum absolute atomic E-state index is 10.2. The average Bonchev–Trinajstić information content (AvgIpc) is 3.19. The van der Waals surface area contributed by atoms with Gasteiger partial charge in [-0.3, -0.25) is 4.98 Å². The molecule has 0 atom stereocenters. The van der Waals surface area contributed by atoms with Crippen LogP contribution in [-0.4, -0.2) is 56.8 Å². The van der Waals surface area contributed by atoms with Crippen LogP contribution >= 0.6 is 23.4 Å². The molecule has 0 amide bonds. The van der Waals surface area contributed by atoms with Crippen LogP contribution in [0.3, 0.4) is 0 Å². The molecule has 2 aliphatic heterocycles. The predicted octanol–water partition coefficient (Wildman–Crippen LogP) is 4.25. The van der Waals surface area contributed by atoms with Gasteiger partial charge in [-0.25, -0.2) is 15.0 Å². The zero-order chi connectivity index (χ0) is 25.8. The van der Waals surface area contributed by atoms with Crippen LogP contribution < -0.4 is 15.5 Å². The van der Waals surface area contributed by atoms with E-state index >= 15 is 0 Å². The van der Waals surface area contributed by atoms with Gasteiger partial charge in [0.25, 0.3) is 0 Å². The molecule has 1 spiro atoms. The topological polar surface area (TPSA) is 104 Å². The lowest BCUT2D eigenvalue weighted by Gasteiger charge is -2.46. The Morgan fingerprint density at radius 3 is 2.51 bits per heavy atom. The highest BCUT2D eigenvalue weighted by molar-refractivity contribution is 7.99. The maximum atomic E-state index is 10.2. The minimum atomic E-state index is -0.713. The van der Waals surface area contributed by atoms with Crippen molar-refractivity contribution in [1.29, 1.82) is 0 Å².